The van der Waals surface area contributed by atoms with Gasteiger partial charge in [-0.1, -0.05) is 19.2 Å². The molecule has 13 heavy (non-hydrogen) atoms. The van der Waals surface area contributed by atoms with Crippen LogP contribution in [0.1, 0.15) is 5.69 Å². The second-order valence-electron chi connectivity index (χ2n) is 2.22. The van der Waals surface area contributed by atoms with Crippen molar-refractivity contribution in [1.82, 2.24) is 10.3 Å². The van der Waals surface area contributed by atoms with Crippen LogP contribution in [-0.4, -0.2) is 10.8 Å². The van der Waals surface area contributed by atoms with Crippen molar-refractivity contribution >= 4 is 5.84 Å². The molecule has 0 aromatic carbocycles. The highest BCUT2D eigenvalue weighted by atomic mass is 15.0. The molecule has 0 bridgehead atoms. The molecule has 3 nitrogen and oxygen atoms in total. The molecule has 0 fully saturated rings. The Balaban J connectivity index is 2.95. The van der Waals surface area contributed by atoms with Gasteiger partial charge in [0.15, 0.2) is 5.84 Å². The average Bonchev–Trinajstić information content (AvgIpc) is 2.19. The third kappa shape index (κ3) is 2.56. The van der Waals surface area contributed by atoms with E-state index >= 15 is 0 Å². The van der Waals surface area contributed by atoms with Gasteiger partial charge >= 0.3 is 0 Å². The number of nitrogens with zero attached hydrogens (tertiary/aromatic N) is 2. The normalized spacial score (nSPS) is 10.6. The molecular formula is C10H11N3. The molecule has 1 aromatic heterocycles. The summed E-state index contributed by atoms with van der Waals surface area (Å²) in [6.07, 6.45) is 4.72. The maximum Gasteiger partial charge on any atom is 0.155 e. The molecule has 1 aromatic rings. The summed E-state index contributed by atoms with van der Waals surface area (Å²) in [5.41, 5.74) is 0.766. The smallest absolute Gasteiger partial charge is 0.155 e. The van der Waals surface area contributed by atoms with Crippen molar-refractivity contribution in [3.63, 3.8) is 0 Å². The van der Waals surface area contributed by atoms with E-state index in [2.05, 4.69) is 28.5 Å². The number of nitrogens with one attached hydrogen (secondary N) is 1. The quantitative estimate of drug-likeness (QED) is 0.558. The molecule has 1 N–H and O–H groups in total. The number of aliphatic imine (C=N–C) groups is 1. The summed E-state index contributed by atoms with van der Waals surface area (Å²) >= 11 is 0. The Labute approximate surface area is 77.5 Å². The molecule has 0 atom stereocenters. The zero-order valence-electron chi connectivity index (χ0n) is 7.27. The zero-order valence-corrected chi connectivity index (χ0v) is 7.27. The first-order valence-electron chi connectivity index (χ1n) is 3.86. The minimum Gasteiger partial charge on any atom is -0.345 e. The Bertz CT molecular complexity index is 314. The fourth-order valence-corrected chi connectivity index (χ4v) is 0.868. The monoisotopic (exact) mass is 173 g/mol. The van der Waals surface area contributed by atoms with E-state index in [-0.39, 0.29) is 0 Å². The summed E-state index contributed by atoms with van der Waals surface area (Å²) in [4.78, 5) is 8.15. The van der Waals surface area contributed by atoms with Crippen LogP contribution in [0.5, 0.6) is 0 Å². The maximum absolute atomic E-state index is 4.13. The lowest BCUT2D eigenvalue weighted by Gasteiger charge is -2.02. The minimum absolute atomic E-state index is 0.644. The molecule has 0 saturated heterocycles. The molecule has 0 spiro atoms. The molecule has 0 unspecified atom stereocenters. The van der Waals surface area contributed by atoms with Crippen molar-refractivity contribution < 1.29 is 0 Å². The van der Waals surface area contributed by atoms with E-state index in [9.17, 15) is 0 Å². The van der Waals surface area contributed by atoms with Crippen LogP contribution in [0.15, 0.2) is 54.9 Å². The van der Waals surface area contributed by atoms with Crippen LogP contribution in [0.25, 0.3) is 0 Å². The van der Waals surface area contributed by atoms with Gasteiger partial charge in [-0.3, -0.25) is 4.98 Å². The fourth-order valence-electron chi connectivity index (χ4n) is 0.868. The van der Waals surface area contributed by atoms with Gasteiger partial charge in [-0.25, -0.2) is 4.99 Å². The number of amidine groups is 1. The van der Waals surface area contributed by atoms with Crippen LogP contribution in [0.3, 0.4) is 0 Å². The topological polar surface area (TPSA) is 37.3 Å². The van der Waals surface area contributed by atoms with Gasteiger partial charge in [-0.15, -0.1) is 0 Å². The lowest BCUT2D eigenvalue weighted by atomic mass is 10.3. The van der Waals surface area contributed by atoms with Crippen LogP contribution in [0, 0.1) is 0 Å². The SMILES string of the molecule is C=C/N=C(\NC=C)c1ccccn1. The molecular weight excluding hydrogens is 162 g/mol. The highest BCUT2D eigenvalue weighted by Crippen LogP contribution is 1.94. The largest absolute Gasteiger partial charge is 0.345 e. The Morgan fingerprint density at radius 2 is 2.31 bits per heavy atom. The van der Waals surface area contributed by atoms with E-state index < -0.39 is 0 Å². The van der Waals surface area contributed by atoms with Gasteiger partial charge < -0.3 is 5.32 Å². The van der Waals surface area contributed by atoms with Crippen molar-refractivity contribution in [2.75, 3.05) is 0 Å². The van der Waals surface area contributed by atoms with Crippen LogP contribution < -0.4 is 5.32 Å². The van der Waals surface area contributed by atoms with E-state index in [4.69, 9.17) is 0 Å². The van der Waals surface area contributed by atoms with E-state index in [0.29, 0.717) is 5.84 Å². The highest BCUT2D eigenvalue weighted by molar-refractivity contribution is 5.97. The molecule has 3 heteroatoms. The van der Waals surface area contributed by atoms with E-state index in [1.165, 1.54) is 6.20 Å². The molecule has 0 aliphatic heterocycles. The first-order chi connectivity index (χ1) is 6.38. The summed E-state index contributed by atoms with van der Waals surface area (Å²) in [7, 11) is 0. The predicted octanol–water partition coefficient (Wildman–Crippen LogP) is 1.70. The molecule has 0 saturated carbocycles. The zero-order chi connectivity index (χ0) is 9.52. The van der Waals surface area contributed by atoms with Gasteiger partial charge in [0.1, 0.15) is 5.69 Å². The van der Waals surface area contributed by atoms with Crippen LogP contribution in [0.4, 0.5) is 0 Å². The van der Waals surface area contributed by atoms with Gasteiger partial charge in [0.05, 0.1) is 0 Å². The second kappa shape index (κ2) is 4.87. The lowest BCUT2D eigenvalue weighted by molar-refractivity contribution is 1.19. The van der Waals surface area contributed by atoms with Crippen LogP contribution in [0.2, 0.25) is 0 Å². The van der Waals surface area contributed by atoms with Gasteiger partial charge in [-0.2, -0.15) is 0 Å². The molecule has 0 radical (unpaired) electrons. The molecule has 0 aliphatic rings. The number of hydrogen-bond acceptors (Lipinski definition) is 2. The molecule has 1 rings (SSSR count). The second-order valence-corrected chi connectivity index (χ2v) is 2.22. The third-order valence-corrected chi connectivity index (χ3v) is 1.37. The summed E-state index contributed by atoms with van der Waals surface area (Å²) in [6.45, 7) is 7.07. The van der Waals surface area contributed by atoms with E-state index in [1.54, 1.807) is 12.4 Å². The average molecular weight is 173 g/mol. The highest BCUT2D eigenvalue weighted by Gasteiger charge is 1.99. The summed E-state index contributed by atoms with van der Waals surface area (Å²) in [6, 6.07) is 5.60. The minimum atomic E-state index is 0.644. The third-order valence-electron chi connectivity index (χ3n) is 1.37. The van der Waals surface area contributed by atoms with Crippen molar-refractivity contribution in [3.05, 3.63) is 55.6 Å². The predicted molar refractivity (Wildman–Crippen MR) is 54.3 cm³/mol. The van der Waals surface area contributed by atoms with Crippen LogP contribution >= 0.6 is 0 Å². The molecule has 0 aliphatic carbocycles. The summed E-state index contributed by atoms with van der Waals surface area (Å²) < 4.78 is 0. The van der Waals surface area contributed by atoms with Gasteiger partial charge in [-0.05, 0) is 18.3 Å². The molecule has 66 valence electrons. The Morgan fingerprint density at radius 1 is 1.46 bits per heavy atom. The summed E-state index contributed by atoms with van der Waals surface area (Å²) in [5, 5.41) is 2.88. The van der Waals surface area contributed by atoms with E-state index in [0.717, 1.165) is 5.69 Å². The van der Waals surface area contributed by atoms with Crippen molar-refractivity contribution in [3.8, 4) is 0 Å². The van der Waals surface area contributed by atoms with Crippen LogP contribution in [-0.2, 0) is 0 Å². The van der Waals surface area contributed by atoms with E-state index in [1.807, 2.05) is 18.2 Å². The van der Waals surface area contributed by atoms with Gasteiger partial charge in [0, 0.05) is 12.4 Å². The van der Waals surface area contributed by atoms with Crippen molar-refractivity contribution in [2.45, 2.75) is 0 Å². The fraction of sp³-hybridized carbons (Fsp3) is 0. The van der Waals surface area contributed by atoms with Gasteiger partial charge in [0.25, 0.3) is 0 Å². The van der Waals surface area contributed by atoms with Gasteiger partial charge in [0.2, 0.25) is 0 Å². The lowest BCUT2D eigenvalue weighted by Crippen LogP contribution is -2.19. The van der Waals surface area contributed by atoms with Crippen molar-refractivity contribution in [1.29, 1.82) is 0 Å². The number of pyridine rings is 1. The Kier molecular flexibility index (Phi) is 3.45. The Morgan fingerprint density at radius 3 is 2.85 bits per heavy atom. The first kappa shape index (κ1) is 9.19. The number of rotatable bonds is 3. The first-order valence-corrected chi connectivity index (χ1v) is 3.86. The molecule has 0 amide bonds. The number of aromatic nitrogens is 1. The molecule has 1 heterocycles. The maximum atomic E-state index is 4.13. The van der Waals surface area contributed by atoms with Crippen molar-refractivity contribution in [2.24, 2.45) is 4.99 Å². The number of hydrogen-bond donors (Lipinski definition) is 1. The Hall–Kier alpha value is -1.90. The summed E-state index contributed by atoms with van der Waals surface area (Å²) in [5.74, 6) is 0.644. The standard InChI is InChI=1S/C10H11N3/c1-3-11-10(12-4-2)9-7-5-6-8-13-9/h3-8H,1-2H2,(H,11,12).